The molecule has 1 aliphatic heterocycles. The Morgan fingerprint density at radius 1 is 1.07 bits per heavy atom. The molecular weight excluding hydrogens is 348 g/mol. The molecule has 0 saturated heterocycles. The summed E-state index contributed by atoms with van der Waals surface area (Å²) in [6.07, 6.45) is 5.11. The Morgan fingerprint density at radius 2 is 1.67 bits per heavy atom. The molecule has 0 radical (unpaired) electrons. The van der Waals surface area contributed by atoms with Crippen molar-refractivity contribution < 1.29 is 24.6 Å². The van der Waals surface area contributed by atoms with E-state index in [1.54, 1.807) is 0 Å². The van der Waals surface area contributed by atoms with Crippen molar-refractivity contribution in [1.29, 1.82) is 0 Å². The minimum absolute atomic E-state index is 0.126. The van der Waals surface area contributed by atoms with E-state index in [2.05, 4.69) is 30.1 Å². The molecular formula is C20H28N2O5. The van der Waals surface area contributed by atoms with Crippen LogP contribution in [0.5, 0.6) is 0 Å². The fourth-order valence-electron chi connectivity index (χ4n) is 2.94. The van der Waals surface area contributed by atoms with E-state index in [0.29, 0.717) is 18.6 Å². The predicted octanol–water partition coefficient (Wildman–Crippen LogP) is 2.56. The van der Waals surface area contributed by atoms with E-state index in [1.165, 1.54) is 37.1 Å². The molecule has 0 atom stereocenters. The summed E-state index contributed by atoms with van der Waals surface area (Å²) in [5.74, 6) is -2.39. The second-order valence-corrected chi connectivity index (χ2v) is 6.27. The Bertz CT molecular complexity index is 663. The molecule has 0 aliphatic carbocycles. The standard InChI is InChI=1S/C16H24N2O.C4H4O4/c1-3-9-18(10-4-2)11-8-13-6-5-7-15-14(13)12-16(19)17-15;5-3(6)1-2-4(7)8/h5-7H,3-4,8-12H2,1-2H3,(H,17,19);1-2H,(H,5,6)(H,7,8)/b;2-1+. The third-order valence-electron chi connectivity index (χ3n) is 4.03. The lowest BCUT2D eigenvalue weighted by Gasteiger charge is -2.21. The quantitative estimate of drug-likeness (QED) is 0.572. The zero-order valence-electron chi connectivity index (χ0n) is 15.9. The molecule has 0 saturated carbocycles. The van der Waals surface area contributed by atoms with Crippen LogP contribution in [0.15, 0.2) is 30.4 Å². The van der Waals surface area contributed by atoms with Crippen molar-refractivity contribution in [3.05, 3.63) is 41.5 Å². The molecule has 2 rings (SSSR count). The number of amides is 1. The molecule has 0 fully saturated rings. The second-order valence-electron chi connectivity index (χ2n) is 6.27. The number of hydrogen-bond acceptors (Lipinski definition) is 4. The van der Waals surface area contributed by atoms with E-state index in [0.717, 1.165) is 18.7 Å². The van der Waals surface area contributed by atoms with Crippen LogP contribution in [0.2, 0.25) is 0 Å². The highest BCUT2D eigenvalue weighted by molar-refractivity contribution is 5.99. The minimum atomic E-state index is -1.26. The van der Waals surface area contributed by atoms with Crippen LogP contribution in [0.3, 0.4) is 0 Å². The molecule has 3 N–H and O–H groups in total. The van der Waals surface area contributed by atoms with Crippen molar-refractivity contribution >= 4 is 23.5 Å². The van der Waals surface area contributed by atoms with Crippen molar-refractivity contribution in [3.8, 4) is 0 Å². The van der Waals surface area contributed by atoms with E-state index < -0.39 is 11.9 Å². The molecule has 1 amide bonds. The minimum Gasteiger partial charge on any atom is -0.478 e. The van der Waals surface area contributed by atoms with E-state index in [4.69, 9.17) is 10.2 Å². The van der Waals surface area contributed by atoms with Gasteiger partial charge in [0.15, 0.2) is 0 Å². The SMILES string of the molecule is CCCN(CCC)CCc1cccc2c1CC(=O)N2.O=C(O)/C=C/C(=O)O. The van der Waals surface area contributed by atoms with Crippen LogP contribution in [0, 0.1) is 0 Å². The topological polar surface area (TPSA) is 107 Å². The number of hydrogen-bond donors (Lipinski definition) is 3. The molecule has 0 bridgehead atoms. The Balaban J connectivity index is 0.000000387. The van der Waals surface area contributed by atoms with Gasteiger partial charge in [-0.15, -0.1) is 0 Å². The van der Waals surface area contributed by atoms with Crippen LogP contribution in [0.4, 0.5) is 5.69 Å². The summed E-state index contributed by atoms with van der Waals surface area (Å²) in [6.45, 7) is 7.88. The highest BCUT2D eigenvalue weighted by atomic mass is 16.4. The predicted molar refractivity (Wildman–Crippen MR) is 104 cm³/mol. The van der Waals surface area contributed by atoms with Gasteiger partial charge in [-0.05, 0) is 49.5 Å². The van der Waals surface area contributed by atoms with Gasteiger partial charge in [0.2, 0.25) is 5.91 Å². The largest absolute Gasteiger partial charge is 0.478 e. The molecule has 0 spiro atoms. The Morgan fingerprint density at radius 3 is 2.19 bits per heavy atom. The van der Waals surface area contributed by atoms with E-state index in [1.807, 2.05) is 12.1 Å². The van der Waals surface area contributed by atoms with Gasteiger partial charge in [0.25, 0.3) is 0 Å². The summed E-state index contributed by atoms with van der Waals surface area (Å²) in [6, 6.07) is 6.21. The number of aliphatic carboxylic acids is 2. The van der Waals surface area contributed by atoms with E-state index >= 15 is 0 Å². The first kappa shape index (κ1) is 22.4. The molecule has 1 heterocycles. The number of benzene rings is 1. The molecule has 0 aromatic heterocycles. The lowest BCUT2D eigenvalue weighted by atomic mass is 10.0. The molecule has 7 nitrogen and oxygen atoms in total. The number of nitrogens with one attached hydrogen (secondary N) is 1. The van der Waals surface area contributed by atoms with E-state index in [-0.39, 0.29) is 5.91 Å². The molecule has 148 valence electrons. The van der Waals surface area contributed by atoms with Gasteiger partial charge in [-0.1, -0.05) is 26.0 Å². The van der Waals surface area contributed by atoms with Gasteiger partial charge in [0.1, 0.15) is 0 Å². The number of carboxylic acid groups (broad SMARTS) is 2. The molecule has 0 unspecified atom stereocenters. The van der Waals surface area contributed by atoms with Gasteiger partial charge < -0.3 is 20.4 Å². The highest BCUT2D eigenvalue weighted by Gasteiger charge is 2.20. The number of carbonyl (C=O) groups is 3. The fourth-order valence-corrected chi connectivity index (χ4v) is 2.94. The first-order valence-corrected chi connectivity index (χ1v) is 9.14. The van der Waals surface area contributed by atoms with Crippen molar-refractivity contribution in [2.24, 2.45) is 0 Å². The average molecular weight is 376 g/mol. The third kappa shape index (κ3) is 8.50. The third-order valence-corrected chi connectivity index (χ3v) is 4.03. The number of nitrogens with zero attached hydrogens (tertiary/aromatic N) is 1. The second kappa shape index (κ2) is 11.9. The summed E-state index contributed by atoms with van der Waals surface area (Å²) in [5, 5.41) is 18.5. The normalized spacial score (nSPS) is 12.5. The zero-order chi connectivity index (χ0) is 20.2. The van der Waals surface area contributed by atoms with Gasteiger partial charge in [-0.3, -0.25) is 4.79 Å². The zero-order valence-corrected chi connectivity index (χ0v) is 15.9. The maximum Gasteiger partial charge on any atom is 0.328 e. The Hall–Kier alpha value is -2.67. The summed E-state index contributed by atoms with van der Waals surface area (Å²) in [5.41, 5.74) is 3.55. The van der Waals surface area contributed by atoms with E-state index in [9.17, 15) is 14.4 Å². The van der Waals surface area contributed by atoms with Crippen LogP contribution in [-0.2, 0) is 27.2 Å². The van der Waals surface area contributed by atoms with Gasteiger partial charge >= 0.3 is 11.9 Å². The first-order chi connectivity index (χ1) is 12.9. The van der Waals surface area contributed by atoms with Crippen molar-refractivity contribution in [3.63, 3.8) is 0 Å². The maximum absolute atomic E-state index is 11.5. The Kier molecular flexibility index (Phi) is 9.82. The molecule has 7 heteroatoms. The number of rotatable bonds is 9. The van der Waals surface area contributed by atoms with Crippen molar-refractivity contribution in [1.82, 2.24) is 4.90 Å². The number of fused-ring (bicyclic) bond motifs is 1. The van der Waals surface area contributed by atoms with Gasteiger partial charge in [0, 0.05) is 24.4 Å². The van der Waals surface area contributed by atoms with Crippen molar-refractivity contribution in [2.45, 2.75) is 39.5 Å². The number of carbonyl (C=O) groups excluding carboxylic acids is 1. The summed E-state index contributed by atoms with van der Waals surface area (Å²) >= 11 is 0. The first-order valence-electron chi connectivity index (χ1n) is 9.14. The fraction of sp³-hybridized carbons (Fsp3) is 0.450. The Labute approximate surface area is 159 Å². The molecule has 27 heavy (non-hydrogen) atoms. The van der Waals surface area contributed by atoms with Crippen LogP contribution in [0.1, 0.15) is 37.8 Å². The van der Waals surface area contributed by atoms with Crippen LogP contribution < -0.4 is 5.32 Å². The van der Waals surface area contributed by atoms with Gasteiger partial charge in [-0.2, -0.15) is 0 Å². The molecule has 1 aromatic carbocycles. The molecule has 1 aliphatic rings. The lowest BCUT2D eigenvalue weighted by Crippen LogP contribution is -2.28. The lowest BCUT2D eigenvalue weighted by molar-refractivity contribution is -0.134. The van der Waals surface area contributed by atoms with Crippen LogP contribution >= 0.6 is 0 Å². The summed E-state index contributed by atoms with van der Waals surface area (Å²) < 4.78 is 0. The molecule has 1 aromatic rings. The average Bonchev–Trinajstić information content (AvgIpc) is 2.99. The summed E-state index contributed by atoms with van der Waals surface area (Å²) in [7, 11) is 0. The van der Waals surface area contributed by atoms with Crippen LogP contribution in [-0.4, -0.2) is 52.6 Å². The summed E-state index contributed by atoms with van der Waals surface area (Å²) in [4.78, 5) is 33.1. The maximum atomic E-state index is 11.5. The van der Waals surface area contributed by atoms with Gasteiger partial charge in [-0.25, -0.2) is 9.59 Å². The number of carboxylic acids is 2. The van der Waals surface area contributed by atoms with Gasteiger partial charge in [0.05, 0.1) is 6.42 Å². The monoisotopic (exact) mass is 376 g/mol. The number of anilines is 1. The van der Waals surface area contributed by atoms with Crippen molar-refractivity contribution in [2.75, 3.05) is 25.0 Å². The smallest absolute Gasteiger partial charge is 0.328 e. The van der Waals surface area contributed by atoms with Crippen LogP contribution in [0.25, 0.3) is 0 Å². The highest BCUT2D eigenvalue weighted by Crippen LogP contribution is 2.26.